The third-order valence-electron chi connectivity index (χ3n) is 5.65. The molecule has 194 valence electrons. The summed E-state index contributed by atoms with van der Waals surface area (Å²) in [4.78, 5) is 25.6. The van der Waals surface area contributed by atoms with Gasteiger partial charge in [-0.3, -0.25) is 23.6 Å². The first-order valence-corrected chi connectivity index (χ1v) is 14.1. The maximum atomic E-state index is 13.1. The molecule has 3 aromatic rings. The number of alkyl halides is 2. The number of carbonyl (C=O) groups is 2. The number of nitrogens with zero attached hydrogens (tertiary/aromatic N) is 3. The first kappa shape index (κ1) is 27.9. The van der Waals surface area contributed by atoms with Crippen molar-refractivity contribution in [2.45, 2.75) is 50.5 Å². The van der Waals surface area contributed by atoms with Crippen molar-refractivity contribution in [3.05, 3.63) is 53.6 Å². The number of rotatable bonds is 12. The number of aryl methyl sites for hydroxylation is 3. The molecule has 0 saturated heterocycles. The van der Waals surface area contributed by atoms with Crippen LogP contribution in [0.5, 0.6) is 0 Å². The summed E-state index contributed by atoms with van der Waals surface area (Å²) in [6, 6.07) is 8.20. The van der Waals surface area contributed by atoms with Crippen molar-refractivity contribution in [1.82, 2.24) is 25.3 Å². The Kier molecular flexibility index (Phi) is 10.1. The van der Waals surface area contributed by atoms with Gasteiger partial charge in [-0.25, -0.2) is 0 Å². The van der Waals surface area contributed by atoms with E-state index in [-0.39, 0.29) is 5.91 Å². The number of benzene rings is 1. The molecule has 0 aliphatic carbocycles. The highest BCUT2D eigenvalue weighted by Gasteiger charge is 2.23. The van der Waals surface area contributed by atoms with Crippen LogP contribution in [0, 0.1) is 13.8 Å². The Morgan fingerprint density at radius 1 is 1.14 bits per heavy atom. The van der Waals surface area contributed by atoms with E-state index in [1.165, 1.54) is 10.9 Å². The number of anilines is 1. The minimum absolute atomic E-state index is 0.293. The number of hydrogen-bond donors (Lipinski definition) is 3. The molecule has 3 N–H and O–H groups in total. The molecule has 0 radical (unpaired) electrons. The van der Waals surface area contributed by atoms with Crippen LogP contribution in [0.2, 0.25) is 0 Å². The van der Waals surface area contributed by atoms with Gasteiger partial charge >= 0.3 is 0 Å². The normalized spacial score (nSPS) is 12.9. The van der Waals surface area contributed by atoms with Crippen molar-refractivity contribution < 1.29 is 13.8 Å². The van der Waals surface area contributed by atoms with Gasteiger partial charge in [0.2, 0.25) is 5.91 Å². The molecule has 2 atom stereocenters. The molecule has 1 aromatic carbocycles. The van der Waals surface area contributed by atoms with Crippen LogP contribution < -0.4 is 10.6 Å². The molecule has 2 amide bonds. The van der Waals surface area contributed by atoms with Crippen LogP contribution in [0.15, 0.2) is 36.5 Å². The molecular weight excluding hydrogens is 523 g/mol. The molecule has 0 aliphatic rings. The molecule has 0 spiro atoms. The first-order valence-electron chi connectivity index (χ1n) is 11.5. The Labute approximate surface area is 222 Å². The summed E-state index contributed by atoms with van der Waals surface area (Å²) < 4.78 is 12.9. The number of hydrogen-bond acceptors (Lipinski definition) is 5. The van der Waals surface area contributed by atoms with E-state index in [2.05, 4.69) is 25.9 Å². The minimum atomic E-state index is -1.02. The van der Waals surface area contributed by atoms with E-state index in [4.69, 9.17) is 23.2 Å². The van der Waals surface area contributed by atoms with Gasteiger partial charge in [-0.2, -0.15) is 10.2 Å². The zero-order chi connectivity index (χ0) is 26.2. The van der Waals surface area contributed by atoms with Crippen LogP contribution in [0.25, 0.3) is 11.1 Å². The summed E-state index contributed by atoms with van der Waals surface area (Å²) in [5.41, 5.74) is 4.77. The molecule has 36 heavy (non-hydrogen) atoms. The van der Waals surface area contributed by atoms with Gasteiger partial charge in [-0.1, -0.05) is 12.1 Å². The quantitative estimate of drug-likeness (QED) is 0.293. The SMILES string of the molecule is Cc1n[nH]c(C)c1-c1ccc(NC(=O)[C@H](CCCC(Cl)Cl)NC(=O)c2ccnn2CCS(C)=O)cc1. The van der Waals surface area contributed by atoms with Crippen molar-refractivity contribution in [1.29, 1.82) is 0 Å². The number of amides is 2. The Morgan fingerprint density at radius 3 is 2.47 bits per heavy atom. The Balaban J connectivity index is 1.71. The van der Waals surface area contributed by atoms with Gasteiger partial charge in [0, 0.05) is 45.9 Å². The number of halogens is 2. The lowest BCUT2D eigenvalue weighted by molar-refractivity contribution is -0.118. The van der Waals surface area contributed by atoms with Crippen LogP contribution in [0.4, 0.5) is 5.69 Å². The number of nitrogens with one attached hydrogen (secondary N) is 3. The van der Waals surface area contributed by atoms with E-state index in [0.29, 0.717) is 42.9 Å². The van der Waals surface area contributed by atoms with E-state index in [1.807, 2.05) is 38.1 Å². The third-order valence-corrected chi connectivity index (χ3v) is 6.84. The number of aromatic nitrogens is 4. The maximum absolute atomic E-state index is 13.1. The van der Waals surface area contributed by atoms with E-state index in [1.54, 1.807) is 12.3 Å². The molecule has 1 unspecified atom stereocenters. The van der Waals surface area contributed by atoms with Crippen LogP contribution in [0.3, 0.4) is 0 Å². The lowest BCUT2D eigenvalue weighted by Crippen LogP contribution is -2.44. The second-order valence-electron chi connectivity index (χ2n) is 8.44. The van der Waals surface area contributed by atoms with Gasteiger partial charge in [0.05, 0.1) is 12.2 Å². The summed E-state index contributed by atoms with van der Waals surface area (Å²) in [5, 5.41) is 17.0. The summed E-state index contributed by atoms with van der Waals surface area (Å²) >= 11 is 11.7. The summed E-state index contributed by atoms with van der Waals surface area (Å²) in [6.07, 6.45) is 4.48. The molecule has 0 aliphatic heterocycles. The lowest BCUT2D eigenvalue weighted by atomic mass is 10.0. The smallest absolute Gasteiger partial charge is 0.270 e. The largest absolute Gasteiger partial charge is 0.339 e. The summed E-state index contributed by atoms with van der Waals surface area (Å²) in [6.45, 7) is 4.22. The maximum Gasteiger partial charge on any atom is 0.270 e. The molecule has 2 heterocycles. The third kappa shape index (κ3) is 7.65. The van der Waals surface area contributed by atoms with Gasteiger partial charge in [0.15, 0.2) is 0 Å². The van der Waals surface area contributed by atoms with Crippen molar-refractivity contribution >= 4 is 51.5 Å². The average Bonchev–Trinajstić information content (AvgIpc) is 3.43. The van der Waals surface area contributed by atoms with Gasteiger partial charge in [0.25, 0.3) is 5.91 Å². The Morgan fingerprint density at radius 2 is 1.86 bits per heavy atom. The van der Waals surface area contributed by atoms with E-state index >= 15 is 0 Å². The topological polar surface area (TPSA) is 122 Å². The van der Waals surface area contributed by atoms with Crippen LogP contribution in [-0.2, 0) is 22.1 Å². The second kappa shape index (κ2) is 13.0. The van der Waals surface area contributed by atoms with Gasteiger partial charge in [-0.15, -0.1) is 23.2 Å². The molecule has 2 aromatic heterocycles. The van der Waals surface area contributed by atoms with Crippen LogP contribution in [0.1, 0.15) is 41.1 Å². The Bertz CT molecular complexity index is 1190. The predicted molar refractivity (Wildman–Crippen MR) is 144 cm³/mol. The molecule has 0 fully saturated rings. The molecule has 3 rings (SSSR count). The minimum Gasteiger partial charge on any atom is -0.339 e. The fourth-order valence-electron chi connectivity index (χ4n) is 3.82. The van der Waals surface area contributed by atoms with Gasteiger partial charge in [-0.05, 0) is 56.9 Å². The highest BCUT2D eigenvalue weighted by Crippen LogP contribution is 2.26. The molecule has 0 bridgehead atoms. The van der Waals surface area contributed by atoms with Crippen molar-refractivity contribution in [3.63, 3.8) is 0 Å². The average molecular weight is 554 g/mol. The van der Waals surface area contributed by atoms with E-state index in [0.717, 1.165) is 22.5 Å². The van der Waals surface area contributed by atoms with E-state index in [9.17, 15) is 13.8 Å². The standard InChI is InChI=1S/C24H30Cl2N6O3S/c1-15-22(16(2)31-30-15)17-7-9-18(10-8-17)28-23(33)19(5-4-6-21(25)26)29-24(34)20-11-12-27-32(20)13-14-36(3)35/h7-12,19,21H,4-6,13-14H2,1-3H3,(H,28,33)(H,29,34)(H,30,31)/t19-,36?/m0/s1. The van der Waals surface area contributed by atoms with Crippen LogP contribution >= 0.6 is 23.2 Å². The van der Waals surface area contributed by atoms with E-state index < -0.39 is 27.6 Å². The zero-order valence-electron chi connectivity index (χ0n) is 20.4. The van der Waals surface area contributed by atoms with Crippen molar-refractivity contribution in [3.8, 4) is 11.1 Å². The first-order chi connectivity index (χ1) is 17.2. The fourth-order valence-corrected chi connectivity index (χ4v) is 4.56. The van der Waals surface area contributed by atoms with Crippen molar-refractivity contribution in [2.75, 3.05) is 17.3 Å². The second-order valence-corrected chi connectivity index (χ2v) is 11.3. The van der Waals surface area contributed by atoms with Crippen LogP contribution in [-0.4, -0.2) is 58.9 Å². The number of carbonyl (C=O) groups excluding carboxylic acids is 2. The highest BCUT2D eigenvalue weighted by molar-refractivity contribution is 7.84. The zero-order valence-corrected chi connectivity index (χ0v) is 22.7. The summed E-state index contributed by atoms with van der Waals surface area (Å²) in [5.74, 6) is -0.427. The lowest BCUT2D eigenvalue weighted by Gasteiger charge is -2.19. The number of H-pyrrole nitrogens is 1. The molecule has 12 heteroatoms. The van der Waals surface area contributed by atoms with Gasteiger partial charge in [0.1, 0.15) is 16.6 Å². The van der Waals surface area contributed by atoms with Crippen molar-refractivity contribution in [2.24, 2.45) is 0 Å². The summed E-state index contributed by atoms with van der Waals surface area (Å²) in [7, 11) is -1.02. The highest BCUT2D eigenvalue weighted by atomic mass is 35.5. The molecule has 9 nitrogen and oxygen atoms in total. The fraction of sp³-hybridized carbons (Fsp3) is 0.417. The Hall–Kier alpha value is -2.69. The monoisotopic (exact) mass is 552 g/mol. The molecule has 0 saturated carbocycles. The molecular formula is C24H30Cl2N6O3S. The van der Waals surface area contributed by atoms with Gasteiger partial charge < -0.3 is 10.6 Å². The predicted octanol–water partition coefficient (Wildman–Crippen LogP) is 3.98. The number of aromatic amines is 1.